The van der Waals surface area contributed by atoms with Crippen LogP contribution >= 0.6 is 0 Å². The molecular weight excluding hydrogens is 306 g/mol. The molecule has 1 aromatic carbocycles. The van der Waals surface area contributed by atoms with E-state index in [-0.39, 0.29) is 35.3 Å². The van der Waals surface area contributed by atoms with E-state index in [1.54, 1.807) is 18.2 Å². The van der Waals surface area contributed by atoms with Crippen molar-refractivity contribution >= 4 is 16.7 Å². The lowest BCUT2D eigenvalue weighted by Gasteiger charge is -2.20. The van der Waals surface area contributed by atoms with Crippen LogP contribution in [0.1, 0.15) is 50.1 Å². The van der Waals surface area contributed by atoms with Gasteiger partial charge >= 0.3 is 0 Å². The zero-order valence-electron chi connectivity index (χ0n) is 14.3. The Balaban J connectivity index is 1.99. The molecule has 1 aliphatic heterocycles. The quantitative estimate of drug-likeness (QED) is 0.934. The van der Waals surface area contributed by atoms with Crippen molar-refractivity contribution in [1.82, 2.24) is 15.1 Å². The first kappa shape index (κ1) is 16.6. The number of carbonyl (C=O) groups excluding carboxylic acids is 1. The second-order valence-corrected chi connectivity index (χ2v) is 6.55. The second-order valence-electron chi connectivity index (χ2n) is 6.55. The molecule has 0 bridgehead atoms. The van der Waals surface area contributed by atoms with E-state index in [9.17, 15) is 9.59 Å². The van der Waals surface area contributed by atoms with Crippen LogP contribution in [0.4, 0.5) is 0 Å². The van der Waals surface area contributed by atoms with E-state index < -0.39 is 0 Å². The molecule has 128 valence electrons. The van der Waals surface area contributed by atoms with Crippen molar-refractivity contribution in [2.24, 2.45) is 0 Å². The fourth-order valence-electron chi connectivity index (χ4n) is 3.09. The predicted octanol–water partition coefficient (Wildman–Crippen LogP) is 2.27. The largest absolute Gasteiger partial charge is 0.376 e. The highest BCUT2D eigenvalue weighted by Crippen LogP contribution is 2.18. The number of nitrogens with one attached hydrogen (secondary N) is 1. The number of rotatable bonds is 4. The maximum absolute atomic E-state index is 12.8. The van der Waals surface area contributed by atoms with Crippen molar-refractivity contribution in [2.75, 3.05) is 6.61 Å². The average molecular weight is 329 g/mol. The first-order valence-corrected chi connectivity index (χ1v) is 8.43. The van der Waals surface area contributed by atoms with Gasteiger partial charge in [-0.2, -0.15) is 5.10 Å². The molecule has 2 atom stereocenters. The standard InChI is InChI=1S/C18H23N3O3/c1-11(2)21-18(23)14-8-5-4-7-13(14)16(20-21)17(22)19-12(3)15-9-6-10-24-15/h4-5,7-8,11-12,15H,6,9-10H2,1-3H3,(H,19,22)/t12-,15+/m0/s1. The number of carbonyl (C=O) groups is 1. The number of fused-ring (bicyclic) bond motifs is 1. The van der Waals surface area contributed by atoms with E-state index in [4.69, 9.17) is 4.74 Å². The molecule has 1 aromatic heterocycles. The van der Waals surface area contributed by atoms with Gasteiger partial charge in [-0.1, -0.05) is 18.2 Å². The van der Waals surface area contributed by atoms with Gasteiger partial charge in [0.05, 0.1) is 23.6 Å². The molecule has 0 spiro atoms. The number of benzene rings is 1. The Hall–Kier alpha value is -2.21. The molecule has 2 aromatic rings. The molecule has 6 nitrogen and oxygen atoms in total. The Morgan fingerprint density at radius 3 is 2.62 bits per heavy atom. The smallest absolute Gasteiger partial charge is 0.274 e. The highest BCUT2D eigenvalue weighted by molar-refractivity contribution is 6.04. The van der Waals surface area contributed by atoms with Crippen molar-refractivity contribution in [1.29, 1.82) is 0 Å². The van der Waals surface area contributed by atoms with Gasteiger partial charge in [-0.05, 0) is 39.7 Å². The van der Waals surface area contributed by atoms with Gasteiger partial charge in [-0.3, -0.25) is 9.59 Å². The third kappa shape index (κ3) is 3.06. The van der Waals surface area contributed by atoms with E-state index in [0.29, 0.717) is 10.8 Å². The number of ether oxygens (including phenoxy) is 1. The maximum Gasteiger partial charge on any atom is 0.274 e. The number of hydrogen-bond acceptors (Lipinski definition) is 4. The Morgan fingerprint density at radius 1 is 1.29 bits per heavy atom. The van der Waals surface area contributed by atoms with Crippen LogP contribution in [0.25, 0.3) is 10.8 Å². The van der Waals surface area contributed by atoms with E-state index in [2.05, 4.69) is 10.4 Å². The Morgan fingerprint density at radius 2 is 2.00 bits per heavy atom. The zero-order chi connectivity index (χ0) is 17.3. The van der Waals surface area contributed by atoms with Gasteiger partial charge in [0.25, 0.3) is 11.5 Å². The third-order valence-corrected chi connectivity index (χ3v) is 4.41. The summed E-state index contributed by atoms with van der Waals surface area (Å²) in [4.78, 5) is 25.3. The summed E-state index contributed by atoms with van der Waals surface area (Å²) in [5, 5.41) is 8.40. The molecule has 0 radical (unpaired) electrons. The summed E-state index contributed by atoms with van der Waals surface area (Å²) >= 11 is 0. The minimum absolute atomic E-state index is 0.0382. The summed E-state index contributed by atoms with van der Waals surface area (Å²) in [5.74, 6) is -0.274. The zero-order valence-corrected chi connectivity index (χ0v) is 14.3. The molecule has 0 saturated carbocycles. The molecule has 1 saturated heterocycles. The average Bonchev–Trinajstić information content (AvgIpc) is 3.09. The molecule has 0 aliphatic carbocycles. The van der Waals surface area contributed by atoms with Crippen LogP contribution < -0.4 is 10.9 Å². The van der Waals surface area contributed by atoms with E-state index in [1.807, 2.05) is 26.8 Å². The maximum atomic E-state index is 12.8. The van der Waals surface area contributed by atoms with Crippen LogP contribution in [0.5, 0.6) is 0 Å². The first-order chi connectivity index (χ1) is 11.5. The van der Waals surface area contributed by atoms with Crippen LogP contribution in [-0.2, 0) is 4.74 Å². The number of hydrogen-bond donors (Lipinski definition) is 1. The minimum atomic E-state index is -0.274. The molecular formula is C18H23N3O3. The molecule has 1 amide bonds. The van der Waals surface area contributed by atoms with Crippen LogP contribution in [0.2, 0.25) is 0 Å². The van der Waals surface area contributed by atoms with Crippen molar-refractivity contribution in [3.8, 4) is 0 Å². The first-order valence-electron chi connectivity index (χ1n) is 8.43. The lowest BCUT2D eigenvalue weighted by Crippen LogP contribution is -2.42. The summed E-state index contributed by atoms with van der Waals surface area (Å²) in [6, 6.07) is 6.89. The summed E-state index contributed by atoms with van der Waals surface area (Å²) < 4.78 is 7.00. The Bertz CT molecular complexity index is 807. The van der Waals surface area contributed by atoms with E-state index >= 15 is 0 Å². The summed E-state index contributed by atoms with van der Waals surface area (Å²) in [5.41, 5.74) is 0.105. The minimum Gasteiger partial charge on any atom is -0.376 e. The molecule has 2 heterocycles. The van der Waals surface area contributed by atoms with Gasteiger partial charge in [0.15, 0.2) is 5.69 Å². The van der Waals surface area contributed by atoms with Gasteiger partial charge in [0.2, 0.25) is 0 Å². The van der Waals surface area contributed by atoms with Crippen molar-refractivity contribution in [3.63, 3.8) is 0 Å². The topological polar surface area (TPSA) is 73.2 Å². The lowest BCUT2D eigenvalue weighted by atomic mass is 10.1. The molecule has 3 rings (SSSR count). The van der Waals surface area contributed by atoms with Crippen LogP contribution in [-0.4, -0.2) is 34.4 Å². The molecule has 0 unspecified atom stereocenters. The van der Waals surface area contributed by atoms with Gasteiger partial charge < -0.3 is 10.1 Å². The summed E-state index contributed by atoms with van der Waals surface area (Å²) in [6.45, 7) is 6.43. The fourth-order valence-corrected chi connectivity index (χ4v) is 3.09. The third-order valence-electron chi connectivity index (χ3n) is 4.41. The van der Waals surface area contributed by atoms with E-state index in [0.717, 1.165) is 19.4 Å². The van der Waals surface area contributed by atoms with Gasteiger partial charge in [-0.15, -0.1) is 0 Å². The molecule has 6 heteroatoms. The molecule has 1 N–H and O–H groups in total. The fraction of sp³-hybridized carbons (Fsp3) is 0.500. The SMILES string of the molecule is CC(C)n1nc(C(=O)N[C@@H](C)[C@H]2CCCO2)c2ccccc2c1=O. The highest BCUT2D eigenvalue weighted by atomic mass is 16.5. The number of amides is 1. The van der Waals surface area contributed by atoms with Crippen molar-refractivity contribution in [2.45, 2.75) is 51.8 Å². The highest BCUT2D eigenvalue weighted by Gasteiger charge is 2.26. The van der Waals surface area contributed by atoms with Crippen molar-refractivity contribution in [3.05, 3.63) is 40.3 Å². The van der Waals surface area contributed by atoms with Gasteiger partial charge in [0, 0.05) is 12.0 Å². The summed E-state index contributed by atoms with van der Waals surface area (Å²) in [6.07, 6.45) is 2.00. The second kappa shape index (κ2) is 6.73. The lowest BCUT2D eigenvalue weighted by molar-refractivity contribution is 0.0709. The monoisotopic (exact) mass is 329 g/mol. The van der Waals surface area contributed by atoms with Gasteiger partial charge in [-0.25, -0.2) is 4.68 Å². The normalized spacial score (nSPS) is 18.9. The summed E-state index contributed by atoms with van der Waals surface area (Å²) in [7, 11) is 0. The van der Waals surface area contributed by atoms with Crippen molar-refractivity contribution < 1.29 is 9.53 Å². The van der Waals surface area contributed by atoms with Crippen LogP contribution in [0.3, 0.4) is 0 Å². The van der Waals surface area contributed by atoms with Gasteiger partial charge in [0.1, 0.15) is 0 Å². The Labute approximate surface area is 140 Å². The number of nitrogens with zero attached hydrogens (tertiary/aromatic N) is 2. The van der Waals surface area contributed by atoms with Crippen LogP contribution in [0.15, 0.2) is 29.1 Å². The molecule has 1 aliphatic rings. The van der Waals surface area contributed by atoms with Crippen LogP contribution in [0, 0.1) is 0 Å². The van der Waals surface area contributed by atoms with E-state index in [1.165, 1.54) is 4.68 Å². The Kier molecular flexibility index (Phi) is 4.66. The predicted molar refractivity (Wildman–Crippen MR) is 92.3 cm³/mol. The molecule has 24 heavy (non-hydrogen) atoms. The number of aromatic nitrogens is 2. The molecule has 1 fully saturated rings.